The van der Waals surface area contributed by atoms with Crippen LogP contribution in [0.4, 0.5) is 11.4 Å². The Balaban J connectivity index is 1.92. The lowest BCUT2D eigenvalue weighted by atomic mass is 10.2. The summed E-state index contributed by atoms with van der Waals surface area (Å²) < 4.78 is 5.38. The Morgan fingerprint density at radius 2 is 2.10 bits per heavy atom. The number of anilines is 2. The van der Waals surface area contributed by atoms with Crippen molar-refractivity contribution in [3.63, 3.8) is 0 Å². The predicted octanol–water partition coefficient (Wildman–Crippen LogP) is 3.25. The van der Waals surface area contributed by atoms with Crippen LogP contribution in [0.15, 0.2) is 42.5 Å². The van der Waals surface area contributed by atoms with Crippen molar-refractivity contribution in [1.29, 1.82) is 0 Å². The van der Waals surface area contributed by atoms with Gasteiger partial charge < -0.3 is 15.8 Å². The van der Waals surface area contributed by atoms with Gasteiger partial charge in [0.15, 0.2) is 6.61 Å². The number of benzene rings is 2. The number of aryl methyl sites for hydroxylation is 1. The van der Waals surface area contributed by atoms with E-state index in [1.54, 1.807) is 36.4 Å². The van der Waals surface area contributed by atoms with E-state index in [0.717, 1.165) is 5.56 Å². The third kappa shape index (κ3) is 3.90. The maximum absolute atomic E-state index is 11.8. The molecular weight excluding hydrogens is 276 g/mol. The summed E-state index contributed by atoms with van der Waals surface area (Å²) in [4.78, 5) is 11.8. The Morgan fingerprint density at radius 1 is 1.30 bits per heavy atom. The summed E-state index contributed by atoms with van der Waals surface area (Å²) in [7, 11) is 0. The molecule has 0 atom stereocenters. The van der Waals surface area contributed by atoms with E-state index in [2.05, 4.69) is 5.32 Å². The van der Waals surface area contributed by atoms with Gasteiger partial charge in [0.1, 0.15) is 5.75 Å². The number of amides is 1. The molecule has 5 heteroatoms. The monoisotopic (exact) mass is 290 g/mol. The van der Waals surface area contributed by atoms with E-state index in [4.69, 9.17) is 22.1 Å². The summed E-state index contributed by atoms with van der Waals surface area (Å²) in [6.07, 6.45) is 0. The second-order valence-corrected chi connectivity index (χ2v) is 4.80. The van der Waals surface area contributed by atoms with Crippen LogP contribution in [0.5, 0.6) is 5.75 Å². The number of nitrogen functional groups attached to an aromatic ring is 1. The molecule has 0 saturated carbocycles. The van der Waals surface area contributed by atoms with E-state index in [1.165, 1.54) is 0 Å². The maximum Gasteiger partial charge on any atom is 0.262 e. The van der Waals surface area contributed by atoms with Crippen LogP contribution < -0.4 is 15.8 Å². The van der Waals surface area contributed by atoms with Crippen LogP contribution in [0.1, 0.15) is 5.56 Å². The van der Waals surface area contributed by atoms with Gasteiger partial charge in [-0.1, -0.05) is 23.7 Å². The van der Waals surface area contributed by atoms with Crippen molar-refractivity contribution in [3.05, 3.63) is 53.1 Å². The standard InChI is InChI=1S/C15H15ClN2O2/c1-10-5-6-14(13(16)7-10)20-9-15(19)18-12-4-2-3-11(17)8-12/h2-8H,9,17H2,1H3,(H,18,19). The van der Waals surface area contributed by atoms with E-state index in [1.807, 2.05) is 13.0 Å². The lowest BCUT2D eigenvalue weighted by molar-refractivity contribution is -0.118. The minimum atomic E-state index is -0.271. The Labute approximate surface area is 122 Å². The van der Waals surface area contributed by atoms with Gasteiger partial charge in [-0.25, -0.2) is 0 Å². The highest BCUT2D eigenvalue weighted by Crippen LogP contribution is 2.25. The van der Waals surface area contributed by atoms with E-state index < -0.39 is 0 Å². The zero-order valence-corrected chi connectivity index (χ0v) is 11.8. The van der Waals surface area contributed by atoms with E-state index in [0.29, 0.717) is 22.1 Å². The second-order valence-electron chi connectivity index (χ2n) is 4.40. The fourth-order valence-corrected chi connectivity index (χ4v) is 1.97. The van der Waals surface area contributed by atoms with Crippen LogP contribution in [0.25, 0.3) is 0 Å². The quantitative estimate of drug-likeness (QED) is 0.850. The molecule has 0 bridgehead atoms. The number of ether oxygens (including phenoxy) is 1. The summed E-state index contributed by atoms with van der Waals surface area (Å²) in [6, 6.07) is 12.3. The number of hydrogen-bond donors (Lipinski definition) is 2. The van der Waals surface area contributed by atoms with Crippen molar-refractivity contribution < 1.29 is 9.53 Å². The fraction of sp³-hybridized carbons (Fsp3) is 0.133. The molecule has 2 aromatic rings. The lowest BCUT2D eigenvalue weighted by Gasteiger charge is -2.09. The van der Waals surface area contributed by atoms with Gasteiger partial charge in [-0.05, 0) is 42.8 Å². The summed E-state index contributed by atoms with van der Waals surface area (Å²) in [5.74, 6) is 0.215. The highest BCUT2D eigenvalue weighted by atomic mass is 35.5. The first kappa shape index (κ1) is 14.2. The van der Waals surface area contributed by atoms with E-state index in [9.17, 15) is 4.79 Å². The Morgan fingerprint density at radius 3 is 2.80 bits per heavy atom. The Kier molecular flexibility index (Phi) is 4.48. The minimum absolute atomic E-state index is 0.114. The molecule has 1 amide bonds. The Bertz CT molecular complexity index is 629. The van der Waals surface area contributed by atoms with Gasteiger partial charge in [0, 0.05) is 11.4 Å². The first-order chi connectivity index (χ1) is 9.54. The highest BCUT2D eigenvalue weighted by Gasteiger charge is 2.06. The first-order valence-electron chi connectivity index (χ1n) is 6.09. The molecule has 0 aromatic heterocycles. The van der Waals surface area contributed by atoms with Crippen molar-refractivity contribution in [2.45, 2.75) is 6.92 Å². The number of nitrogens with two attached hydrogens (primary N) is 1. The van der Waals surface area contributed by atoms with Crippen molar-refractivity contribution >= 4 is 28.9 Å². The van der Waals surface area contributed by atoms with Gasteiger partial charge in [-0.3, -0.25) is 4.79 Å². The second kappa shape index (κ2) is 6.30. The molecule has 2 aromatic carbocycles. The normalized spacial score (nSPS) is 10.1. The molecule has 0 spiro atoms. The highest BCUT2D eigenvalue weighted by molar-refractivity contribution is 6.32. The molecular formula is C15H15ClN2O2. The van der Waals surface area contributed by atoms with Crippen molar-refractivity contribution in [2.24, 2.45) is 0 Å². The molecule has 0 radical (unpaired) electrons. The third-order valence-corrected chi connectivity index (χ3v) is 2.91. The van der Waals surface area contributed by atoms with Crippen LogP contribution >= 0.6 is 11.6 Å². The van der Waals surface area contributed by atoms with Crippen LogP contribution in [0, 0.1) is 6.92 Å². The molecule has 0 saturated heterocycles. The van der Waals surface area contributed by atoms with E-state index >= 15 is 0 Å². The zero-order valence-electron chi connectivity index (χ0n) is 11.0. The third-order valence-electron chi connectivity index (χ3n) is 2.62. The van der Waals surface area contributed by atoms with Crippen molar-refractivity contribution in [3.8, 4) is 5.75 Å². The molecule has 0 aliphatic carbocycles. The molecule has 0 fully saturated rings. The molecule has 0 heterocycles. The summed E-state index contributed by atoms with van der Waals surface area (Å²) >= 11 is 6.02. The summed E-state index contributed by atoms with van der Waals surface area (Å²) in [5, 5.41) is 3.18. The molecule has 2 rings (SSSR count). The predicted molar refractivity (Wildman–Crippen MR) is 81.2 cm³/mol. The number of hydrogen-bond acceptors (Lipinski definition) is 3. The minimum Gasteiger partial charge on any atom is -0.482 e. The zero-order chi connectivity index (χ0) is 14.5. The van der Waals surface area contributed by atoms with Crippen LogP contribution in [-0.2, 0) is 4.79 Å². The van der Waals surface area contributed by atoms with Gasteiger partial charge in [0.2, 0.25) is 0 Å². The molecule has 4 nitrogen and oxygen atoms in total. The first-order valence-corrected chi connectivity index (χ1v) is 6.47. The molecule has 0 aliphatic heterocycles. The van der Waals surface area contributed by atoms with Gasteiger partial charge in [-0.2, -0.15) is 0 Å². The number of carbonyl (C=O) groups excluding carboxylic acids is 1. The van der Waals surface area contributed by atoms with Crippen molar-refractivity contribution in [2.75, 3.05) is 17.7 Å². The Hall–Kier alpha value is -2.20. The largest absolute Gasteiger partial charge is 0.482 e. The van der Waals surface area contributed by atoms with Crippen LogP contribution in [-0.4, -0.2) is 12.5 Å². The number of halogens is 1. The fourth-order valence-electron chi connectivity index (χ4n) is 1.68. The number of nitrogens with one attached hydrogen (secondary N) is 1. The van der Waals surface area contributed by atoms with Crippen molar-refractivity contribution in [1.82, 2.24) is 0 Å². The summed E-state index contributed by atoms with van der Waals surface area (Å²) in [5.41, 5.74) is 7.89. The molecule has 20 heavy (non-hydrogen) atoms. The molecule has 104 valence electrons. The summed E-state index contributed by atoms with van der Waals surface area (Å²) in [6.45, 7) is 1.82. The van der Waals surface area contributed by atoms with Gasteiger partial charge in [0.05, 0.1) is 5.02 Å². The van der Waals surface area contributed by atoms with E-state index in [-0.39, 0.29) is 12.5 Å². The smallest absolute Gasteiger partial charge is 0.262 e. The lowest BCUT2D eigenvalue weighted by Crippen LogP contribution is -2.20. The number of rotatable bonds is 4. The van der Waals surface area contributed by atoms with Gasteiger partial charge in [-0.15, -0.1) is 0 Å². The van der Waals surface area contributed by atoms with Gasteiger partial charge >= 0.3 is 0 Å². The maximum atomic E-state index is 11.8. The average Bonchev–Trinajstić information content (AvgIpc) is 2.37. The van der Waals surface area contributed by atoms with Crippen LogP contribution in [0.2, 0.25) is 5.02 Å². The van der Waals surface area contributed by atoms with Crippen LogP contribution in [0.3, 0.4) is 0 Å². The molecule has 0 aliphatic rings. The molecule has 3 N–H and O–H groups in total. The SMILES string of the molecule is Cc1ccc(OCC(=O)Nc2cccc(N)c2)c(Cl)c1. The average molecular weight is 291 g/mol. The number of carbonyl (C=O) groups is 1. The topological polar surface area (TPSA) is 64.3 Å². The molecule has 0 unspecified atom stereocenters. The van der Waals surface area contributed by atoms with Gasteiger partial charge in [0.25, 0.3) is 5.91 Å².